The fourth-order valence-corrected chi connectivity index (χ4v) is 1.91. The normalized spacial score (nSPS) is 10.7. The smallest absolute Gasteiger partial charge is 0.265 e. The number of rotatable bonds is 4. The summed E-state index contributed by atoms with van der Waals surface area (Å²) in [4.78, 5) is 20.9. The molecule has 0 bridgehead atoms. The van der Waals surface area contributed by atoms with Crippen LogP contribution in [0.4, 0.5) is 0 Å². The van der Waals surface area contributed by atoms with Gasteiger partial charge in [-0.2, -0.15) is 4.98 Å². The van der Waals surface area contributed by atoms with E-state index in [4.69, 9.17) is 15.2 Å². The molecule has 0 fully saturated rings. The van der Waals surface area contributed by atoms with E-state index in [1.165, 1.54) is 24.7 Å². The third-order valence-corrected chi connectivity index (χ3v) is 2.86. The zero-order valence-corrected chi connectivity index (χ0v) is 11.1. The molecule has 7 heteroatoms. The van der Waals surface area contributed by atoms with E-state index < -0.39 is 0 Å². The molecule has 0 aromatic carbocycles. The zero-order chi connectivity index (χ0) is 14.0. The fraction of sp³-hybridized carbons (Fsp3) is 0.417. The maximum Gasteiger partial charge on any atom is 0.265 e. The van der Waals surface area contributed by atoms with Gasteiger partial charge in [0.1, 0.15) is 0 Å². The Hall–Kier alpha value is -2.15. The molecule has 2 rings (SSSR count). The van der Waals surface area contributed by atoms with Gasteiger partial charge in [-0.3, -0.25) is 4.79 Å². The summed E-state index contributed by atoms with van der Waals surface area (Å²) in [5.41, 5.74) is 6.51. The van der Waals surface area contributed by atoms with Gasteiger partial charge in [-0.25, -0.2) is 9.38 Å². The lowest BCUT2D eigenvalue weighted by Gasteiger charge is -2.11. The first-order valence-electron chi connectivity index (χ1n) is 5.83. The molecule has 0 saturated carbocycles. The minimum atomic E-state index is -0.208. The molecule has 0 amide bonds. The number of hydrogen-bond donors (Lipinski definition) is 1. The minimum Gasteiger partial charge on any atom is -0.482 e. The fourth-order valence-electron chi connectivity index (χ4n) is 1.91. The van der Waals surface area contributed by atoms with Crippen LogP contribution < -0.4 is 20.8 Å². The van der Waals surface area contributed by atoms with Crippen molar-refractivity contribution < 1.29 is 9.47 Å². The van der Waals surface area contributed by atoms with Gasteiger partial charge in [0, 0.05) is 5.56 Å². The van der Waals surface area contributed by atoms with Gasteiger partial charge in [-0.15, -0.1) is 0 Å². The molecule has 0 radical (unpaired) electrons. The number of nitrogens with two attached hydrogens (primary N) is 1. The van der Waals surface area contributed by atoms with Gasteiger partial charge >= 0.3 is 0 Å². The van der Waals surface area contributed by atoms with Crippen LogP contribution in [0.15, 0.2) is 10.9 Å². The highest BCUT2D eigenvalue weighted by atomic mass is 16.5. The molecule has 2 aromatic heterocycles. The van der Waals surface area contributed by atoms with Crippen LogP contribution in [0.5, 0.6) is 11.8 Å². The number of nitrogens with zero attached hydrogens (tertiary/aromatic N) is 3. The molecular weight excluding hydrogens is 248 g/mol. The summed E-state index contributed by atoms with van der Waals surface area (Å²) >= 11 is 0. The summed E-state index contributed by atoms with van der Waals surface area (Å²) in [5.74, 6) is 0.923. The van der Waals surface area contributed by atoms with E-state index in [1.807, 2.05) is 0 Å². The summed E-state index contributed by atoms with van der Waals surface area (Å²) in [6, 6.07) is 1.54. The largest absolute Gasteiger partial charge is 0.482 e. The van der Waals surface area contributed by atoms with E-state index in [1.54, 1.807) is 6.92 Å². The minimum absolute atomic E-state index is 0.208. The summed E-state index contributed by atoms with van der Waals surface area (Å²) in [6.45, 7) is 2.15. The van der Waals surface area contributed by atoms with Crippen molar-refractivity contribution in [1.29, 1.82) is 0 Å². The van der Waals surface area contributed by atoms with Crippen LogP contribution in [-0.2, 0) is 6.42 Å². The van der Waals surface area contributed by atoms with Crippen LogP contribution >= 0.6 is 0 Å². The lowest BCUT2D eigenvalue weighted by atomic mass is 10.2. The quantitative estimate of drug-likeness (QED) is 0.830. The van der Waals surface area contributed by atoms with Crippen LogP contribution in [0.25, 0.3) is 5.78 Å². The Labute approximate surface area is 110 Å². The second-order valence-corrected chi connectivity index (χ2v) is 4.00. The molecule has 0 aliphatic heterocycles. The summed E-state index contributed by atoms with van der Waals surface area (Å²) in [5, 5.41) is 0. The predicted octanol–water partition coefficient (Wildman–Crippen LogP) is -0.0837. The van der Waals surface area contributed by atoms with Crippen molar-refractivity contribution in [2.75, 3.05) is 20.8 Å². The summed E-state index contributed by atoms with van der Waals surface area (Å²) < 4.78 is 11.6. The maximum absolute atomic E-state index is 12.4. The van der Waals surface area contributed by atoms with Crippen molar-refractivity contribution in [3.63, 3.8) is 0 Å². The first-order chi connectivity index (χ1) is 9.12. The third-order valence-electron chi connectivity index (χ3n) is 2.86. The van der Waals surface area contributed by atoms with Gasteiger partial charge in [0.2, 0.25) is 17.5 Å². The van der Waals surface area contributed by atoms with Gasteiger partial charge < -0.3 is 15.2 Å². The Morgan fingerprint density at radius 1 is 1.32 bits per heavy atom. The molecule has 0 spiro atoms. The molecular formula is C12H16N4O3. The molecule has 0 atom stereocenters. The monoisotopic (exact) mass is 264 g/mol. The molecule has 2 heterocycles. The number of hydrogen-bond acceptors (Lipinski definition) is 6. The standard InChI is InChI=1S/C12H16N4O3/c1-7-8(4-5-13)11(17)16-10(19-3)6-9(18-2)15-12(16)14-7/h6H,4-5,13H2,1-3H3. The molecule has 7 nitrogen and oxygen atoms in total. The molecule has 2 N–H and O–H groups in total. The maximum atomic E-state index is 12.4. The van der Waals surface area contributed by atoms with Crippen molar-refractivity contribution in [2.24, 2.45) is 5.73 Å². The number of ether oxygens (including phenoxy) is 2. The van der Waals surface area contributed by atoms with E-state index in [9.17, 15) is 4.79 Å². The number of aromatic nitrogens is 3. The Morgan fingerprint density at radius 2 is 2.05 bits per heavy atom. The Balaban J connectivity index is 2.84. The second kappa shape index (κ2) is 5.23. The van der Waals surface area contributed by atoms with Crippen LogP contribution in [0, 0.1) is 6.92 Å². The zero-order valence-electron chi connectivity index (χ0n) is 11.1. The first-order valence-corrected chi connectivity index (χ1v) is 5.83. The number of methoxy groups -OCH3 is 2. The van der Waals surface area contributed by atoms with E-state index >= 15 is 0 Å². The average Bonchev–Trinajstić information content (AvgIpc) is 2.41. The lowest BCUT2D eigenvalue weighted by molar-refractivity contribution is 0.367. The van der Waals surface area contributed by atoms with Gasteiger partial charge in [-0.05, 0) is 19.9 Å². The van der Waals surface area contributed by atoms with Crippen molar-refractivity contribution >= 4 is 5.78 Å². The Bertz CT molecular complexity index is 666. The van der Waals surface area contributed by atoms with Crippen LogP contribution in [0.2, 0.25) is 0 Å². The molecule has 102 valence electrons. The molecule has 0 saturated heterocycles. The van der Waals surface area contributed by atoms with Crippen molar-refractivity contribution in [2.45, 2.75) is 13.3 Å². The highest BCUT2D eigenvalue weighted by Gasteiger charge is 2.14. The van der Waals surface area contributed by atoms with Gasteiger partial charge in [0.15, 0.2) is 0 Å². The molecule has 0 aliphatic rings. The average molecular weight is 264 g/mol. The van der Waals surface area contributed by atoms with Crippen LogP contribution in [0.3, 0.4) is 0 Å². The third kappa shape index (κ3) is 2.24. The Morgan fingerprint density at radius 3 is 2.63 bits per heavy atom. The molecule has 0 unspecified atom stereocenters. The molecule has 19 heavy (non-hydrogen) atoms. The van der Waals surface area contributed by atoms with Crippen molar-refractivity contribution in [3.05, 3.63) is 27.7 Å². The topological polar surface area (TPSA) is 91.7 Å². The van der Waals surface area contributed by atoms with Gasteiger partial charge in [0.05, 0.1) is 26.0 Å². The summed E-state index contributed by atoms with van der Waals surface area (Å²) in [7, 11) is 2.97. The first kappa shape index (κ1) is 13.3. The highest BCUT2D eigenvalue weighted by Crippen LogP contribution is 2.18. The number of fused-ring (bicyclic) bond motifs is 1. The highest BCUT2D eigenvalue weighted by molar-refractivity contribution is 5.40. The van der Waals surface area contributed by atoms with Crippen molar-refractivity contribution in [1.82, 2.24) is 14.4 Å². The van der Waals surface area contributed by atoms with Crippen LogP contribution in [0.1, 0.15) is 11.3 Å². The summed E-state index contributed by atoms with van der Waals surface area (Å²) in [6.07, 6.45) is 0.468. The van der Waals surface area contributed by atoms with E-state index in [-0.39, 0.29) is 11.3 Å². The van der Waals surface area contributed by atoms with Crippen molar-refractivity contribution in [3.8, 4) is 11.8 Å². The van der Waals surface area contributed by atoms with E-state index in [0.717, 1.165) is 0 Å². The van der Waals surface area contributed by atoms with Gasteiger partial charge in [-0.1, -0.05) is 0 Å². The number of aryl methyl sites for hydroxylation is 1. The predicted molar refractivity (Wildman–Crippen MR) is 69.9 cm³/mol. The van der Waals surface area contributed by atoms with E-state index in [2.05, 4.69) is 9.97 Å². The van der Waals surface area contributed by atoms with Gasteiger partial charge in [0.25, 0.3) is 5.56 Å². The molecule has 0 aliphatic carbocycles. The van der Waals surface area contributed by atoms with Crippen LogP contribution in [-0.4, -0.2) is 35.1 Å². The molecule has 2 aromatic rings. The van der Waals surface area contributed by atoms with E-state index in [0.29, 0.717) is 36.0 Å². The SMILES string of the molecule is COc1cc(OC)n2c(=O)c(CCN)c(C)nc2n1. The Kier molecular flexibility index (Phi) is 3.66. The second-order valence-electron chi connectivity index (χ2n) is 4.00. The lowest BCUT2D eigenvalue weighted by Crippen LogP contribution is -2.25.